The van der Waals surface area contributed by atoms with Crippen LogP contribution in [0, 0.1) is 7.14 Å². The van der Waals surface area contributed by atoms with Crippen LogP contribution in [-0.4, -0.2) is 18.2 Å². The van der Waals surface area contributed by atoms with Gasteiger partial charge in [-0.2, -0.15) is 0 Å². The summed E-state index contributed by atoms with van der Waals surface area (Å²) in [7, 11) is 0. The Morgan fingerprint density at radius 1 is 0.442 bits per heavy atom. The second-order valence-electron chi connectivity index (χ2n) is 11.4. The number of hydrogen-bond donors (Lipinski definition) is 0. The van der Waals surface area contributed by atoms with E-state index in [0.29, 0.717) is 0 Å². The van der Waals surface area contributed by atoms with Gasteiger partial charge in [0.25, 0.3) is 0 Å². The molecular weight excluding hydrogens is 639 g/mol. The molecule has 2 aromatic heterocycles. The molecule has 5 heteroatoms. The molecule has 0 bridgehead atoms. The van der Waals surface area contributed by atoms with Crippen molar-refractivity contribution in [2.75, 3.05) is 0 Å². The second kappa shape index (κ2) is 7.88. The zero-order chi connectivity index (χ0) is 27.8. The first-order valence-corrected chi connectivity index (χ1v) is 16.8. The van der Waals surface area contributed by atoms with E-state index in [9.17, 15) is 0 Å². The van der Waals surface area contributed by atoms with Crippen molar-refractivity contribution in [3.8, 4) is 22.6 Å². The summed E-state index contributed by atoms with van der Waals surface area (Å²) in [6, 6.07) is 49.5. The standard InChI is InChI=1S/C38H22IN4/c1-4-14-29-24(10-1)28-22-23(20-21-30(28)39-29)40-35-19-9-13-26-25-11-2-6-16-32(25)42-34-18-8-7-17-33(34)41-31-15-5-3-12-27(31)37(40)38(41)43(42)36(26)35/h1-22H/q-1. The summed E-state index contributed by atoms with van der Waals surface area (Å²) >= 11 is -0.160. The van der Waals surface area contributed by atoms with Crippen LogP contribution in [0.25, 0.3) is 77.4 Å². The maximum atomic E-state index is 2.53. The van der Waals surface area contributed by atoms with Crippen LogP contribution in [-0.2, 0) is 0 Å². The third-order valence-electron chi connectivity index (χ3n) is 9.26. The number of para-hydroxylation sites is 5. The predicted molar refractivity (Wildman–Crippen MR) is 171 cm³/mol. The molecule has 5 heterocycles. The maximum absolute atomic E-state index is 2.53. The molecule has 0 spiro atoms. The van der Waals surface area contributed by atoms with E-state index in [4.69, 9.17) is 0 Å². The van der Waals surface area contributed by atoms with Crippen LogP contribution in [0.15, 0.2) is 133 Å². The number of benzene rings is 6. The van der Waals surface area contributed by atoms with Crippen molar-refractivity contribution in [1.82, 2.24) is 18.2 Å². The molecule has 3 aliphatic rings. The van der Waals surface area contributed by atoms with Crippen LogP contribution in [0.3, 0.4) is 0 Å². The van der Waals surface area contributed by atoms with Gasteiger partial charge < -0.3 is 0 Å². The van der Waals surface area contributed by atoms with Crippen LogP contribution in [0.1, 0.15) is 0 Å². The summed E-state index contributed by atoms with van der Waals surface area (Å²) in [4.78, 5) is 0. The Hall–Kier alpha value is -5.01. The third kappa shape index (κ3) is 2.68. The van der Waals surface area contributed by atoms with Crippen LogP contribution in [0.5, 0.6) is 0 Å². The summed E-state index contributed by atoms with van der Waals surface area (Å²) in [5, 5.41) is 3.76. The van der Waals surface area contributed by atoms with Gasteiger partial charge in [-0.1, -0.05) is 0 Å². The molecule has 0 radical (unpaired) electrons. The van der Waals surface area contributed by atoms with E-state index < -0.39 is 0 Å². The Balaban J connectivity index is 1.46. The summed E-state index contributed by atoms with van der Waals surface area (Å²) in [6.07, 6.45) is 0. The molecule has 0 saturated heterocycles. The van der Waals surface area contributed by atoms with Gasteiger partial charge in [0.1, 0.15) is 0 Å². The fraction of sp³-hybridized carbons (Fsp3) is 0. The van der Waals surface area contributed by atoms with Gasteiger partial charge in [0.05, 0.1) is 0 Å². The fourth-order valence-electron chi connectivity index (χ4n) is 7.59. The zero-order valence-electron chi connectivity index (χ0n) is 22.9. The molecule has 0 atom stereocenters. The van der Waals surface area contributed by atoms with Crippen LogP contribution in [0.2, 0.25) is 0 Å². The summed E-state index contributed by atoms with van der Waals surface area (Å²) < 4.78 is 13.0. The molecule has 3 aliphatic heterocycles. The van der Waals surface area contributed by atoms with Crippen LogP contribution in [0.4, 0.5) is 0 Å². The molecule has 8 aromatic rings. The number of fused-ring (bicyclic) bond motifs is 12. The van der Waals surface area contributed by atoms with Crippen molar-refractivity contribution in [3.05, 3.63) is 141 Å². The first-order chi connectivity index (χ1) is 21.4. The fourth-order valence-corrected chi connectivity index (χ4v) is 10.5. The third-order valence-corrected chi connectivity index (χ3v) is 12.3. The predicted octanol–water partition coefficient (Wildman–Crippen LogP) is 5.93. The van der Waals surface area contributed by atoms with Gasteiger partial charge in [-0.3, -0.25) is 0 Å². The van der Waals surface area contributed by atoms with Crippen molar-refractivity contribution in [3.63, 3.8) is 0 Å². The summed E-state index contributed by atoms with van der Waals surface area (Å²) in [6.45, 7) is 0. The molecule has 0 N–H and O–H groups in total. The Kier molecular flexibility index (Phi) is 4.13. The molecule has 202 valence electrons. The first kappa shape index (κ1) is 22.6. The van der Waals surface area contributed by atoms with Gasteiger partial charge in [0.2, 0.25) is 0 Å². The van der Waals surface area contributed by atoms with Gasteiger partial charge >= 0.3 is 257 Å². The normalized spacial score (nSPS) is 13.2. The number of aromatic nitrogens is 4. The van der Waals surface area contributed by atoms with Gasteiger partial charge in [-0.05, 0) is 0 Å². The number of hydrogen-bond acceptors (Lipinski definition) is 0. The van der Waals surface area contributed by atoms with Crippen molar-refractivity contribution < 1.29 is 21.2 Å². The molecule has 0 amide bonds. The monoisotopic (exact) mass is 661 g/mol. The zero-order valence-corrected chi connectivity index (χ0v) is 25.0. The molecule has 6 aromatic carbocycles. The summed E-state index contributed by atoms with van der Waals surface area (Å²) in [5.74, 6) is 1.18. The Bertz CT molecular complexity index is 2770. The minimum atomic E-state index is -0.160. The molecule has 43 heavy (non-hydrogen) atoms. The Labute approximate surface area is 256 Å². The molecule has 0 fully saturated rings. The number of halogens is 1. The van der Waals surface area contributed by atoms with Crippen LogP contribution >= 0.6 is 0 Å². The van der Waals surface area contributed by atoms with Gasteiger partial charge in [0, 0.05) is 0 Å². The van der Waals surface area contributed by atoms with E-state index in [0.717, 1.165) is 0 Å². The second-order valence-corrected chi connectivity index (χ2v) is 14.3. The average molecular weight is 662 g/mol. The molecule has 11 rings (SSSR count). The molecule has 0 unspecified atom stereocenters. The quantitative estimate of drug-likeness (QED) is 0.118. The van der Waals surface area contributed by atoms with E-state index in [1.165, 1.54) is 84.5 Å². The Morgan fingerprint density at radius 3 is 2.02 bits per heavy atom. The van der Waals surface area contributed by atoms with E-state index in [1.54, 1.807) is 0 Å². The topological polar surface area (TPSA) is 18.7 Å². The van der Waals surface area contributed by atoms with Gasteiger partial charge in [0.15, 0.2) is 0 Å². The van der Waals surface area contributed by atoms with Crippen molar-refractivity contribution in [2.24, 2.45) is 0 Å². The van der Waals surface area contributed by atoms with Gasteiger partial charge in [-0.15, -0.1) is 0 Å². The van der Waals surface area contributed by atoms with E-state index in [1.807, 2.05) is 0 Å². The van der Waals surface area contributed by atoms with Crippen molar-refractivity contribution in [1.29, 1.82) is 0 Å². The number of nitrogens with zero attached hydrogens (tertiary/aromatic N) is 4. The average Bonchev–Trinajstić information content (AvgIpc) is 3.61. The Morgan fingerprint density at radius 2 is 1.12 bits per heavy atom. The molecule has 0 aliphatic carbocycles. The molecule has 4 nitrogen and oxygen atoms in total. The molecule has 0 saturated carbocycles. The van der Waals surface area contributed by atoms with E-state index >= 15 is 0 Å². The van der Waals surface area contributed by atoms with Gasteiger partial charge in [-0.25, -0.2) is 0 Å². The van der Waals surface area contributed by atoms with Crippen molar-refractivity contribution >= 4 is 54.8 Å². The number of rotatable bonds is 1. The molecular formula is C38H22IN4-. The van der Waals surface area contributed by atoms with E-state index in [2.05, 4.69) is 152 Å². The minimum absolute atomic E-state index is 0.160. The summed E-state index contributed by atoms with van der Waals surface area (Å²) in [5.41, 5.74) is 12.4. The van der Waals surface area contributed by atoms with E-state index in [-0.39, 0.29) is 21.2 Å². The van der Waals surface area contributed by atoms with Crippen molar-refractivity contribution in [2.45, 2.75) is 0 Å². The van der Waals surface area contributed by atoms with Crippen LogP contribution < -0.4 is 21.2 Å². The SMILES string of the molecule is c1ccc2c(c1)[I-]c1ccc(-n3c4cccc5c6ccccc6n6c7ccccc7n7c(c3c3ccccc37)-n6c54)cc1-2. The first-order valence-electron chi connectivity index (χ1n) is 14.6.